The van der Waals surface area contributed by atoms with Crippen LogP contribution in [0.4, 0.5) is 0 Å². The molecule has 0 aliphatic carbocycles. The Morgan fingerprint density at radius 1 is 0.355 bits per heavy atom. The van der Waals surface area contributed by atoms with Crippen LogP contribution < -0.4 is 0 Å². The van der Waals surface area contributed by atoms with Gasteiger partial charge in [0.1, 0.15) is 85.5 Å². The third-order valence-corrected chi connectivity index (χ3v) is 16.6. The second-order valence-corrected chi connectivity index (χ2v) is 23.7. The lowest BCUT2D eigenvalue weighted by molar-refractivity contribution is -0.437. The van der Waals surface area contributed by atoms with E-state index in [4.69, 9.17) is 118 Å². The van der Waals surface area contributed by atoms with Gasteiger partial charge in [0.05, 0.1) is 25.9 Å². The Kier molecular flexibility index (Phi) is 35.1. The van der Waals surface area contributed by atoms with Crippen molar-refractivity contribution < 1.29 is 222 Å². The molecule has 5 saturated heterocycles. The van der Waals surface area contributed by atoms with Gasteiger partial charge in [-0.3, -0.25) is 30.4 Å². The van der Waals surface area contributed by atoms with E-state index in [1.54, 1.807) is 0 Å². The molecule has 93 heavy (non-hydrogen) atoms. The molecule has 0 bridgehead atoms. The molecule has 0 aromatic rings. The lowest BCUT2D eigenvalue weighted by Crippen LogP contribution is -2.69. The summed E-state index contributed by atoms with van der Waals surface area (Å²) in [4.78, 5) is 26.8. The van der Waals surface area contributed by atoms with Crippen molar-refractivity contribution in [3.8, 4) is 0 Å². The van der Waals surface area contributed by atoms with E-state index >= 15 is 0 Å². The number of carbonyl (C=O) groups is 2. The largest absolute Gasteiger partial charge is 0.479 e. The van der Waals surface area contributed by atoms with Crippen molar-refractivity contribution in [1.82, 2.24) is 0 Å². The van der Waals surface area contributed by atoms with Crippen LogP contribution in [0.15, 0.2) is 0 Å². The fourth-order valence-corrected chi connectivity index (χ4v) is 12.3. The summed E-state index contributed by atoms with van der Waals surface area (Å²) in [5, 5.41) is 72.0. The lowest BCUT2D eigenvalue weighted by atomic mass is 9.91. The van der Waals surface area contributed by atoms with Crippen LogP contribution in [0, 0.1) is 5.92 Å². The number of hydrogen-bond donors (Lipinski definition) is 9. The highest BCUT2D eigenvalue weighted by atomic mass is 32.3. The Bertz CT molecular complexity index is 2550. The molecule has 48 nitrogen and oxygen atoms in total. The van der Waals surface area contributed by atoms with E-state index < -0.39 is 216 Å². The Balaban J connectivity index is 1.58. The van der Waals surface area contributed by atoms with Gasteiger partial charge in [0.2, 0.25) is 0 Å². The number of rotatable bonds is 42. The van der Waals surface area contributed by atoms with Gasteiger partial charge in [-0.2, -0.15) is 25.3 Å². The molecule has 11 unspecified atom stereocenters. The SMILES string of the molecule is COC1C(OC)[C@H](O[C@H]2O[C@@H](COS(=O)(=O)O)[C@@H](O[C@@H]3OC(C(=O)O)[C@@H](O[C@H]4OC(COS(=O)(=O)O)C(OC)[C@H](OC)C4C)[C@H](OC)C3OC)C(OSOOO)C2OSOOO)[C@H](C(=O)O)O[C@H]1O[C@@H]1C(COS(=O)(=O)O)O[C@H](OC)C(OSOOO)[C@H]1OSOOO. The van der Waals surface area contributed by atoms with Gasteiger partial charge in [0, 0.05) is 55.7 Å². The van der Waals surface area contributed by atoms with Gasteiger partial charge < -0.3 is 86.0 Å². The Morgan fingerprint density at radius 3 is 0.968 bits per heavy atom. The monoisotopic (exact) mass is 1510 g/mol. The van der Waals surface area contributed by atoms with Crippen LogP contribution in [0.2, 0.25) is 0 Å². The van der Waals surface area contributed by atoms with Crippen LogP contribution in [0.3, 0.4) is 0 Å². The van der Waals surface area contributed by atoms with Crippen molar-refractivity contribution >= 4 is 92.4 Å². The van der Waals surface area contributed by atoms with Gasteiger partial charge >= 0.3 is 43.1 Å². The zero-order chi connectivity index (χ0) is 69.0. The van der Waals surface area contributed by atoms with Gasteiger partial charge in [-0.1, -0.05) is 27.1 Å². The second kappa shape index (κ2) is 39.6. The highest BCUT2D eigenvalue weighted by Gasteiger charge is 2.61. The van der Waals surface area contributed by atoms with Crippen molar-refractivity contribution in [2.24, 2.45) is 5.92 Å². The molecule has 9 N–H and O–H groups in total. The summed E-state index contributed by atoms with van der Waals surface area (Å²) in [5.74, 6) is -4.68. The van der Waals surface area contributed by atoms with Crippen LogP contribution in [-0.4, -0.2) is 299 Å². The number of carboxylic acid groups (broad SMARTS) is 2. The Labute approximate surface area is 542 Å². The summed E-state index contributed by atoms with van der Waals surface area (Å²) in [5.41, 5.74) is 0. The first-order chi connectivity index (χ1) is 44.1. The molecule has 5 rings (SSSR count). The van der Waals surface area contributed by atoms with Crippen molar-refractivity contribution in [2.45, 2.75) is 154 Å². The predicted octanol–water partition coefficient (Wildman–Crippen LogP) is -2.37. The molecule has 0 aromatic carbocycles. The molecule has 546 valence electrons. The number of ether oxygens (including phenoxy) is 16. The van der Waals surface area contributed by atoms with Gasteiger partial charge in [0.15, 0.2) is 105 Å². The molecular formula is C38H64O48S7. The fraction of sp³-hybridized carbons (Fsp3) is 0.947. The number of hydrogen-bond acceptors (Lipinski definition) is 47. The van der Waals surface area contributed by atoms with Crippen LogP contribution in [0.1, 0.15) is 6.92 Å². The van der Waals surface area contributed by atoms with Gasteiger partial charge in [0.25, 0.3) is 0 Å². The Morgan fingerprint density at radius 2 is 0.645 bits per heavy atom. The Hall–Kier alpha value is -1.33. The van der Waals surface area contributed by atoms with Gasteiger partial charge in [-0.25, -0.2) is 43.2 Å². The van der Waals surface area contributed by atoms with Crippen molar-refractivity contribution in [1.29, 1.82) is 0 Å². The summed E-state index contributed by atoms with van der Waals surface area (Å²) < 4.78 is 248. The molecule has 5 aliphatic rings. The second-order valence-electron chi connectivity index (χ2n) is 18.6. The van der Waals surface area contributed by atoms with Crippen molar-refractivity contribution in [3.63, 3.8) is 0 Å². The third kappa shape index (κ3) is 23.4. The highest BCUT2D eigenvalue weighted by molar-refractivity contribution is 7.90. The minimum absolute atomic E-state index is 0.0976. The molecule has 0 radical (unpaired) electrons. The summed E-state index contributed by atoms with van der Waals surface area (Å²) in [6.45, 7) is -1.96. The molecule has 0 spiro atoms. The summed E-state index contributed by atoms with van der Waals surface area (Å²) in [6.07, 6.45) is -45.3. The van der Waals surface area contributed by atoms with Crippen LogP contribution in [0.25, 0.3) is 0 Å². The molecule has 0 amide bonds. The fourth-order valence-electron chi connectivity index (χ4n) is 9.98. The zero-order valence-corrected chi connectivity index (χ0v) is 54.1. The van der Waals surface area contributed by atoms with Gasteiger partial charge in [-0.05, 0) is 0 Å². The molecule has 0 aromatic heterocycles. The number of carboxylic acids is 2. The number of aliphatic carboxylic acids is 2. The van der Waals surface area contributed by atoms with E-state index in [9.17, 15) is 58.7 Å². The smallest absolute Gasteiger partial charge is 0.397 e. The first kappa shape index (κ1) is 82.3. The van der Waals surface area contributed by atoms with Crippen molar-refractivity contribution in [2.75, 3.05) is 69.6 Å². The van der Waals surface area contributed by atoms with E-state index in [2.05, 4.69) is 45.9 Å². The quantitative estimate of drug-likeness (QED) is 0.0101. The summed E-state index contributed by atoms with van der Waals surface area (Å²) in [6, 6.07) is 0. The molecular weight excluding hydrogens is 1450 g/mol. The van der Waals surface area contributed by atoms with Gasteiger partial charge in [-0.15, -0.1) is 17.3 Å². The minimum atomic E-state index is -5.52. The molecule has 5 heterocycles. The maximum Gasteiger partial charge on any atom is 0.397 e. The maximum atomic E-state index is 13.5. The summed E-state index contributed by atoms with van der Waals surface area (Å²) >= 11 is -0.796. The first-order valence-corrected chi connectivity index (χ1v) is 32.0. The maximum absolute atomic E-state index is 13.5. The lowest BCUT2D eigenvalue weighted by Gasteiger charge is -2.51. The van der Waals surface area contributed by atoms with Crippen molar-refractivity contribution in [3.05, 3.63) is 0 Å². The average molecular weight is 1510 g/mol. The standard InChI is InChI=1S/C38H64O48S7/c1-12-16(56-2)17(57-3)13(9-63-91(47,48)49)66-34(12)71-22-20(58-4)28(60-6)36(73-26(22)32(39)40)70-19-15(11-65-93(53,54)55)68-38(31(78-90-86-82-46)25(19)76-88-84-80-44)72-23-21(59-5)29(61-7)37(74-27(23)33(41)42)69-18-14(10-64-92(50,51)52)67-35(62-8)30(77-89-85-81-45)24(18)75-87-83-79-43/h12-31,34-38,43-46H,9-11H2,1-8H3,(H,39,40)(H,41,42)(H,47,48,49)(H,50,51,52)(H,53,54,55)/t12?,13?,14?,15-,16+,17?,18+,19+,20-,21?,22-,23-,24-,25?,26?,27+,28?,29?,30?,31?,34+,35-,36+,37+,38+/m0/s1. The molecule has 25 atom stereocenters. The molecule has 5 fully saturated rings. The minimum Gasteiger partial charge on any atom is -0.479 e. The van der Waals surface area contributed by atoms with E-state index in [0.717, 1.165) is 35.5 Å². The normalized spacial score (nSPS) is 37.2. The average Bonchev–Trinajstić information content (AvgIpc) is 0.772. The third-order valence-electron chi connectivity index (χ3n) is 13.6. The summed E-state index contributed by atoms with van der Waals surface area (Å²) in [7, 11) is -8.37. The van der Waals surface area contributed by atoms with E-state index in [1.165, 1.54) is 21.1 Å². The van der Waals surface area contributed by atoms with E-state index in [0.29, 0.717) is 0 Å². The highest BCUT2D eigenvalue weighted by Crippen LogP contribution is 2.43. The topological polar surface area (TPSA) is 605 Å². The first-order valence-electron chi connectivity index (χ1n) is 25.2. The van der Waals surface area contributed by atoms with E-state index in [1.807, 2.05) is 0 Å². The molecule has 55 heteroatoms. The van der Waals surface area contributed by atoms with Crippen LogP contribution in [0.5, 0.6) is 0 Å². The number of methoxy groups -OCH3 is 7. The molecule has 0 saturated carbocycles. The predicted molar refractivity (Wildman–Crippen MR) is 281 cm³/mol. The van der Waals surface area contributed by atoms with E-state index in [-0.39, 0.29) is 49.3 Å². The van der Waals surface area contributed by atoms with Crippen LogP contribution in [-0.2, 0) is 183 Å². The van der Waals surface area contributed by atoms with Crippen LogP contribution >= 0.6 is 49.3 Å². The zero-order valence-electron chi connectivity index (χ0n) is 48.4. The molecule has 5 aliphatic heterocycles.